The molecule has 0 saturated carbocycles. The number of ether oxygens (including phenoxy) is 2. The minimum atomic E-state index is -0.469. The number of nitrogens with two attached hydrogens (primary N) is 1. The van der Waals surface area contributed by atoms with Crippen LogP contribution in [-0.2, 0) is 9.47 Å². The van der Waals surface area contributed by atoms with Gasteiger partial charge in [-0.25, -0.2) is 4.79 Å². The monoisotopic (exact) mass is 271 g/mol. The van der Waals surface area contributed by atoms with Crippen molar-refractivity contribution in [2.24, 2.45) is 0 Å². The number of nitrogens with zero attached hydrogens (tertiary/aromatic N) is 1. The Kier molecular flexibility index (Phi) is 4.03. The largest absolute Gasteiger partial charge is 0.465 e. The number of hydrogen-bond acceptors (Lipinski definition) is 7. The van der Waals surface area contributed by atoms with E-state index in [4.69, 9.17) is 15.2 Å². The van der Waals surface area contributed by atoms with Crippen LogP contribution in [0.2, 0.25) is 0 Å². The fourth-order valence-corrected chi connectivity index (χ4v) is 2.80. The fraction of sp³-hybridized carbons (Fsp3) is 0.636. The average molecular weight is 271 g/mol. The molecule has 0 amide bonds. The highest BCUT2D eigenvalue weighted by molar-refractivity contribution is 7.11. The van der Waals surface area contributed by atoms with Crippen LogP contribution in [0.25, 0.3) is 0 Å². The van der Waals surface area contributed by atoms with Crippen molar-refractivity contribution in [3.8, 4) is 0 Å². The molecule has 1 aliphatic rings. The molecule has 2 unspecified atom stereocenters. The van der Waals surface area contributed by atoms with Gasteiger partial charge in [0.15, 0.2) is 5.82 Å². The Labute approximate surface area is 110 Å². The number of hydrogen-bond donors (Lipinski definition) is 2. The number of esters is 1. The van der Waals surface area contributed by atoms with Gasteiger partial charge < -0.3 is 20.5 Å². The third kappa shape index (κ3) is 2.56. The van der Waals surface area contributed by atoms with Gasteiger partial charge >= 0.3 is 5.97 Å². The Balaban J connectivity index is 2.11. The highest BCUT2D eigenvalue weighted by atomic mass is 32.1. The topological polar surface area (TPSA) is 86.5 Å². The zero-order chi connectivity index (χ0) is 13.1. The quantitative estimate of drug-likeness (QED) is 0.807. The predicted molar refractivity (Wildman–Crippen MR) is 69.9 cm³/mol. The molecule has 1 fully saturated rings. The molecule has 0 aliphatic carbocycles. The lowest BCUT2D eigenvalue weighted by atomic mass is 10.1. The minimum absolute atomic E-state index is 0.107. The molecular weight excluding hydrogens is 254 g/mol. The van der Waals surface area contributed by atoms with E-state index >= 15 is 0 Å². The molecular formula is C11H17N3O3S. The number of anilines is 2. The van der Waals surface area contributed by atoms with Gasteiger partial charge in [-0.3, -0.25) is 0 Å². The molecule has 1 aliphatic heterocycles. The van der Waals surface area contributed by atoms with Crippen LogP contribution in [0, 0.1) is 0 Å². The predicted octanol–water partition coefficient (Wildman–Crippen LogP) is 1.49. The van der Waals surface area contributed by atoms with Crippen molar-refractivity contribution in [1.29, 1.82) is 0 Å². The molecule has 7 heteroatoms. The van der Waals surface area contributed by atoms with E-state index in [1.54, 1.807) is 0 Å². The van der Waals surface area contributed by atoms with E-state index in [1.165, 1.54) is 7.11 Å². The first-order valence-corrected chi connectivity index (χ1v) is 6.62. The molecule has 100 valence electrons. The number of carbonyl (C=O) groups excluding carboxylic acids is 1. The third-order valence-electron chi connectivity index (χ3n) is 2.99. The first-order valence-electron chi connectivity index (χ1n) is 5.85. The Bertz CT molecular complexity index is 429. The molecule has 0 aromatic carbocycles. The van der Waals surface area contributed by atoms with Crippen molar-refractivity contribution in [3.63, 3.8) is 0 Å². The summed E-state index contributed by atoms with van der Waals surface area (Å²) in [6.45, 7) is 2.82. The van der Waals surface area contributed by atoms with Gasteiger partial charge in [0.2, 0.25) is 0 Å². The van der Waals surface area contributed by atoms with E-state index in [-0.39, 0.29) is 18.0 Å². The summed E-state index contributed by atoms with van der Waals surface area (Å²) in [4.78, 5) is 11.6. The van der Waals surface area contributed by atoms with E-state index in [0.717, 1.165) is 31.0 Å². The molecule has 0 spiro atoms. The summed E-state index contributed by atoms with van der Waals surface area (Å²) in [5.41, 5.74) is 5.99. The maximum atomic E-state index is 11.6. The lowest BCUT2D eigenvalue weighted by molar-refractivity contribution is 0.0602. The standard InChI is InChI=1S/C11H17N3O3S/c1-6(7-4-3-5-17-7)13-10-8(11(15)16-2)9(12)14-18-10/h6-7,13H,3-5H2,1-2H3,(H2,12,14). The van der Waals surface area contributed by atoms with E-state index in [0.29, 0.717) is 10.6 Å². The summed E-state index contributed by atoms with van der Waals surface area (Å²) >= 11 is 1.16. The van der Waals surface area contributed by atoms with Crippen LogP contribution >= 0.6 is 11.5 Å². The average Bonchev–Trinajstić information content (AvgIpc) is 2.98. The van der Waals surface area contributed by atoms with E-state index < -0.39 is 5.97 Å². The fourth-order valence-electron chi connectivity index (χ4n) is 2.00. The lowest BCUT2D eigenvalue weighted by Crippen LogP contribution is -2.30. The van der Waals surface area contributed by atoms with Crippen LogP contribution in [0.1, 0.15) is 30.1 Å². The zero-order valence-corrected chi connectivity index (χ0v) is 11.3. The van der Waals surface area contributed by atoms with E-state index in [9.17, 15) is 4.79 Å². The highest BCUT2D eigenvalue weighted by Gasteiger charge is 2.26. The van der Waals surface area contributed by atoms with Gasteiger partial charge in [-0.05, 0) is 31.3 Å². The van der Waals surface area contributed by atoms with Gasteiger partial charge in [-0.15, -0.1) is 0 Å². The maximum absolute atomic E-state index is 11.6. The Morgan fingerprint density at radius 1 is 1.72 bits per heavy atom. The van der Waals surface area contributed by atoms with Crippen molar-refractivity contribution >= 4 is 28.3 Å². The second-order valence-corrected chi connectivity index (χ2v) is 5.02. The molecule has 0 bridgehead atoms. The number of rotatable bonds is 4. The highest BCUT2D eigenvalue weighted by Crippen LogP contribution is 2.29. The van der Waals surface area contributed by atoms with Gasteiger partial charge in [0, 0.05) is 6.61 Å². The van der Waals surface area contributed by atoms with E-state index in [2.05, 4.69) is 9.69 Å². The van der Waals surface area contributed by atoms with Gasteiger partial charge in [-0.2, -0.15) is 4.37 Å². The molecule has 6 nitrogen and oxygen atoms in total. The summed E-state index contributed by atoms with van der Waals surface area (Å²) in [7, 11) is 1.33. The van der Waals surface area contributed by atoms with Crippen LogP contribution in [0.4, 0.5) is 10.8 Å². The number of nitrogen functional groups attached to an aromatic ring is 1. The van der Waals surface area contributed by atoms with Crippen molar-refractivity contribution in [2.75, 3.05) is 24.8 Å². The summed E-state index contributed by atoms with van der Waals surface area (Å²) in [6.07, 6.45) is 2.26. The maximum Gasteiger partial charge on any atom is 0.344 e. The van der Waals surface area contributed by atoms with Crippen LogP contribution in [0.5, 0.6) is 0 Å². The van der Waals surface area contributed by atoms with Crippen LogP contribution in [-0.4, -0.2) is 36.2 Å². The lowest BCUT2D eigenvalue weighted by Gasteiger charge is -2.20. The number of nitrogens with one attached hydrogen (secondary N) is 1. The summed E-state index contributed by atoms with van der Waals surface area (Å²) in [5, 5.41) is 3.88. The number of aromatic nitrogens is 1. The Morgan fingerprint density at radius 3 is 3.11 bits per heavy atom. The third-order valence-corrected chi connectivity index (χ3v) is 3.78. The molecule has 0 radical (unpaired) electrons. The van der Waals surface area contributed by atoms with Crippen molar-refractivity contribution in [3.05, 3.63) is 5.56 Å². The first kappa shape index (κ1) is 13.1. The van der Waals surface area contributed by atoms with Gasteiger partial charge in [0.25, 0.3) is 0 Å². The molecule has 2 heterocycles. The Morgan fingerprint density at radius 2 is 2.50 bits per heavy atom. The van der Waals surface area contributed by atoms with Gasteiger partial charge in [-0.1, -0.05) is 0 Å². The summed E-state index contributed by atoms with van der Waals surface area (Å²) in [6, 6.07) is 0.107. The van der Waals surface area contributed by atoms with Gasteiger partial charge in [0.1, 0.15) is 10.6 Å². The molecule has 1 aromatic rings. The molecule has 1 aromatic heterocycles. The molecule has 3 N–H and O–H groups in total. The van der Waals surface area contributed by atoms with Crippen LogP contribution in [0.15, 0.2) is 0 Å². The van der Waals surface area contributed by atoms with E-state index in [1.807, 2.05) is 6.92 Å². The van der Waals surface area contributed by atoms with Crippen molar-refractivity contribution in [1.82, 2.24) is 4.37 Å². The van der Waals surface area contributed by atoms with Crippen LogP contribution in [0.3, 0.4) is 0 Å². The van der Waals surface area contributed by atoms with Crippen molar-refractivity contribution in [2.45, 2.75) is 31.9 Å². The Hall–Kier alpha value is -1.34. The summed E-state index contributed by atoms with van der Waals surface area (Å²) in [5.74, 6) is -0.266. The first-order chi connectivity index (χ1) is 8.63. The SMILES string of the molecule is COC(=O)c1c(N)nsc1NC(C)C1CCCO1. The molecule has 2 atom stereocenters. The van der Waals surface area contributed by atoms with Crippen LogP contribution < -0.4 is 11.1 Å². The smallest absolute Gasteiger partial charge is 0.344 e. The number of methoxy groups -OCH3 is 1. The normalized spacial score (nSPS) is 20.7. The molecule has 2 rings (SSSR count). The zero-order valence-electron chi connectivity index (χ0n) is 10.4. The molecule has 18 heavy (non-hydrogen) atoms. The number of carbonyl (C=O) groups is 1. The van der Waals surface area contributed by atoms with Crippen molar-refractivity contribution < 1.29 is 14.3 Å². The minimum Gasteiger partial charge on any atom is -0.465 e. The second-order valence-electron chi connectivity index (χ2n) is 4.25. The van der Waals surface area contributed by atoms with Gasteiger partial charge in [0.05, 0.1) is 19.3 Å². The summed E-state index contributed by atoms with van der Waals surface area (Å²) < 4.78 is 14.3. The second kappa shape index (κ2) is 5.53. The molecule has 1 saturated heterocycles.